The van der Waals surface area contributed by atoms with E-state index < -0.39 is 59.6 Å². The Morgan fingerprint density at radius 1 is 1.14 bits per heavy atom. The van der Waals surface area contributed by atoms with Crippen molar-refractivity contribution in [3.63, 3.8) is 0 Å². The number of hydrogen-bond acceptors (Lipinski definition) is 4. The second-order valence-electron chi connectivity index (χ2n) is 10.5. The van der Waals surface area contributed by atoms with Crippen LogP contribution in [-0.4, -0.2) is 47.5 Å². The van der Waals surface area contributed by atoms with Crippen LogP contribution in [0.3, 0.4) is 0 Å². The maximum Gasteiger partial charge on any atom is 0.266 e. The van der Waals surface area contributed by atoms with Gasteiger partial charge in [-0.3, -0.25) is 9.59 Å². The lowest BCUT2D eigenvalue weighted by molar-refractivity contribution is -0.146. The molecule has 1 aliphatic carbocycles. The lowest BCUT2D eigenvalue weighted by Gasteiger charge is -2.46. The third-order valence-electron chi connectivity index (χ3n) is 7.34. The van der Waals surface area contributed by atoms with E-state index in [9.17, 15) is 31.5 Å². The Kier molecular flexibility index (Phi) is 7.38. The number of piperidine rings is 1. The van der Waals surface area contributed by atoms with E-state index in [-0.39, 0.29) is 22.9 Å². The maximum absolute atomic E-state index is 14.7. The van der Waals surface area contributed by atoms with E-state index in [1.165, 1.54) is 38.2 Å². The molecule has 1 amide bonds. The van der Waals surface area contributed by atoms with Gasteiger partial charge in [0, 0.05) is 36.7 Å². The number of benzene rings is 1. The fraction of sp³-hybridized carbons (Fsp3) is 0.538. The first kappa shape index (κ1) is 27.1. The first-order chi connectivity index (χ1) is 17.3. The molecule has 1 aromatic heterocycles. The third kappa shape index (κ3) is 5.66. The van der Waals surface area contributed by atoms with Crippen LogP contribution in [-0.2, 0) is 5.54 Å². The summed E-state index contributed by atoms with van der Waals surface area (Å²) in [5.41, 5.74) is -2.28. The number of hydrogen-bond donors (Lipinski definition) is 2. The number of alkyl halides is 4. The molecule has 2 N–H and O–H groups in total. The molecule has 0 spiro atoms. The normalized spacial score (nSPS) is 20.4. The molecule has 202 valence electrons. The monoisotopic (exact) mass is 526 g/mol. The smallest absolute Gasteiger partial charge is 0.266 e. The quantitative estimate of drug-likeness (QED) is 0.495. The number of nitrogens with zero attached hydrogens (tertiary/aromatic N) is 2. The van der Waals surface area contributed by atoms with Gasteiger partial charge in [0.25, 0.3) is 23.8 Å². The molecule has 0 radical (unpaired) electrons. The lowest BCUT2D eigenvalue weighted by Crippen LogP contribution is -2.54. The largest absolute Gasteiger partial charge is 0.381 e. The van der Waals surface area contributed by atoms with Gasteiger partial charge in [-0.25, -0.2) is 22.0 Å². The minimum Gasteiger partial charge on any atom is -0.381 e. The number of pyridine rings is 1. The van der Waals surface area contributed by atoms with E-state index >= 15 is 0 Å². The molecule has 37 heavy (non-hydrogen) atoms. The van der Waals surface area contributed by atoms with Crippen LogP contribution < -0.4 is 16.2 Å². The van der Waals surface area contributed by atoms with Gasteiger partial charge in [-0.15, -0.1) is 0 Å². The molecule has 6 nitrogen and oxygen atoms in total. The number of carbonyl (C=O) groups excluding carboxylic acids is 1. The molecular formula is C26H31F5N4O2. The highest BCUT2D eigenvalue weighted by Gasteiger charge is 2.55. The zero-order chi connectivity index (χ0) is 27.1. The summed E-state index contributed by atoms with van der Waals surface area (Å²) in [7, 11) is 1.99. The van der Waals surface area contributed by atoms with Gasteiger partial charge in [0.05, 0.1) is 28.4 Å². The summed E-state index contributed by atoms with van der Waals surface area (Å²) < 4.78 is 69.6. The highest BCUT2D eigenvalue weighted by Crippen LogP contribution is 2.49. The van der Waals surface area contributed by atoms with Crippen LogP contribution in [0.5, 0.6) is 0 Å². The van der Waals surface area contributed by atoms with Crippen LogP contribution in [0.4, 0.5) is 27.6 Å². The number of anilines is 1. The average molecular weight is 527 g/mol. The predicted octanol–water partition coefficient (Wildman–Crippen LogP) is 5.07. The molecule has 1 saturated carbocycles. The summed E-state index contributed by atoms with van der Waals surface area (Å²) in [5, 5.41) is 5.87. The van der Waals surface area contributed by atoms with Gasteiger partial charge in [-0.2, -0.15) is 0 Å². The highest BCUT2D eigenvalue weighted by atomic mass is 19.3. The summed E-state index contributed by atoms with van der Waals surface area (Å²) >= 11 is 0. The van der Waals surface area contributed by atoms with Gasteiger partial charge < -0.3 is 20.1 Å². The van der Waals surface area contributed by atoms with Crippen molar-refractivity contribution in [1.82, 2.24) is 14.8 Å². The molecule has 1 aliphatic heterocycles. The maximum atomic E-state index is 14.7. The predicted molar refractivity (Wildman–Crippen MR) is 130 cm³/mol. The molecule has 11 heteroatoms. The Hall–Kier alpha value is -2.95. The summed E-state index contributed by atoms with van der Waals surface area (Å²) in [4.78, 5) is 28.5. The van der Waals surface area contributed by atoms with E-state index in [2.05, 4.69) is 15.5 Å². The second kappa shape index (κ2) is 10.1. The van der Waals surface area contributed by atoms with Gasteiger partial charge in [0.2, 0.25) is 0 Å². The molecule has 0 bridgehead atoms. The van der Waals surface area contributed by atoms with E-state index in [0.717, 1.165) is 36.6 Å². The minimum absolute atomic E-state index is 0.0146. The molecular weight excluding hydrogens is 495 g/mol. The SMILES string of the molecule is C[C@@H](NC(=O)c1cn(C2(C)CC(F)(F)C2)c(=O)cc1NC1CCN(C)CC1)c1cccc(C(F)F)c1F. The van der Waals surface area contributed by atoms with Crippen molar-refractivity contribution in [2.75, 3.05) is 25.5 Å². The first-order valence-corrected chi connectivity index (χ1v) is 12.3. The number of amides is 1. The zero-order valence-corrected chi connectivity index (χ0v) is 21.0. The molecule has 0 unspecified atom stereocenters. The van der Waals surface area contributed by atoms with E-state index in [1.54, 1.807) is 0 Å². The first-order valence-electron chi connectivity index (χ1n) is 12.3. The van der Waals surface area contributed by atoms with Crippen molar-refractivity contribution >= 4 is 11.6 Å². The van der Waals surface area contributed by atoms with Gasteiger partial charge in [0.1, 0.15) is 5.82 Å². The van der Waals surface area contributed by atoms with Crippen molar-refractivity contribution in [3.8, 4) is 0 Å². The number of aromatic nitrogens is 1. The Balaban J connectivity index is 1.66. The van der Waals surface area contributed by atoms with E-state index in [1.807, 2.05) is 7.05 Å². The van der Waals surface area contributed by atoms with Crippen LogP contribution in [0.15, 0.2) is 35.3 Å². The van der Waals surface area contributed by atoms with Crippen molar-refractivity contribution in [1.29, 1.82) is 0 Å². The minimum atomic E-state index is -3.02. The Morgan fingerprint density at radius 2 is 1.76 bits per heavy atom. The molecule has 2 heterocycles. The molecule has 1 atom stereocenters. The Labute approximate surface area is 211 Å². The molecule has 2 aromatic rings. The molecule has 2 aliphatic rings. The van der Waals surface area contributed by atoms with Crippen molar-refractivity contribution < 1.29 is 26.7 Å². The molecule has 4 rings (SSSR count). The number of carbonyl (C=O) groups is 1. The van der Waals surface area contributed by atoms with Crippen molar-refractivity contribution in [3.05, 3.63) is 63.3 Å². The number of nitrogens with one attached hydrogen (secondary N) is 2. The average Bonchev–Trinajstić information content (AvgIpc) is 2.79. The van der Waals surface area contributed by atoms with Gasteiger partial charge >= 0.3 is 0 Å². The Morgan fingerprint density at radius 3 is 2.35 bits per heavy atom. The number of rotatable bonds is 7. The van der Waals surface area contributed by atoms with Crippen LogP contribution in [0.25, 0.3) is 0 Å². The number of halogens is 5. The fourth-order valence-electron chi connectivity index (χ4n) is 5.28. The summed E-state index contributed by atoms with van der Waals surface area (Å²) in [6, 6.07) is 3.81. The van der Waals surface area contributed by atoms with Crippen LogP contribution in [0.2, 0.25) is 0 Å². The van der Waals surface area contributed by atoms with Crippen LogP contribution >= 0.6 is 0 Å². The lowest BCUT2D eigenvalue weighted by atomic mass is 9.74. The summed E-state index contributed by atoms with van der Waals surface area (Å²) in [5.74, 6) is -4.69. The van der Waals surface area contributed by atoms with Crippen molar-refractivity contribution in [2.45, 2.75) is 69.5 Å². The van der Waals surface area contributed by atoms with Gasteiger partial charge in [-0.1, -0.05) is 18.2 Å². The molecule has 1 aromatic carbocycles. The highest BCUT2D eigenvalue weighted by molar-refractivity contribution is 5.99. The van der Waals surface area contributed by atoms with Gasteiger partial charge in [0.15, 0.2) is 0 Å². The van der Waals surface area contributed by atoms with Gasteiger partial charge in [-0.05, 0) is 46.8 Å². The Bertz CT molecular complexity index is 1220. The summed E-state index contributed by atoms with van der Waals surface area (Å²) in [6.07, 6.45) is -1.28. The standard InChI is InChI=1S/C26H31F5N4O2/c1-15(17-5-4-6-18(22(17)27)23(28)29)32-24(37)19-12-35(25(2)13-26(30,31)14-25)21(36)11-20(19)33-16-7-9-34(3)10-8-16/h4-6,11-12,15-16,23,33H,7-10,13-14H2,1-3H3,(H,32,37)/t15-/m1/s1. The second-order valence-corrected chi connectivity index (χ2v) is 10.5. The van der Waals surface area contributed by atoms with Crippen molar-refractivity contribution in [2.24, 2.45) is 0 Å². The van der Waals surface area contributed by atoms with E-state index in [0.29, 0.717) is 0 Å². The topological polar surface area (TPSA) is 66.4 Å². The van der Waals surface area contributed by atoms with E-state index in [4.69, 9.17) is 0 Å². The van der Waals surface area contributed by atoms with Crippen LogP contribution in [0, 0.1) is 5.82 Å². The zero-order valence-electron chi connectivity index (χ0n) is 21.0. The summed E-state index contributed by atoms with van der Waals surface area (Å²) in [6.45, 7) is 4.63. The fourth-order valence-corrected chi connectivity index (χ4v) is 5.28. The van der Waals surface area contributed by atoms with Crippen LogP contribution in [0.1, 0.15) is 73.5 Å². The third-order valence-corrected chi connectivity index (χ3v) is 7.34. The number of likely N-dealkylation sites (tertiary alicyclic amines) is 1. The molecule has 1 saturated heterocycles. The molecule has 2 fully saturated rings.